The van der Waals surface area contributed by atoms with E-state index >= 15 is 0 Å². The van der Waals surface area contributed by atoms with Crippen molar-refractivity contribution >= 4 is 29.8 Å². The molecule has 0 unspecified atom stereocenters. The lowest BCUT2D eigenvalue weighted by Gasteiger charge is -2.07. The highest BCUT2D eigenvalue weighted by Crippen LogP contribution is 2.16. The van der Waals surface area contributed by atoms with E-state index in [1.165, 1.54) is 218 Å². The third-order valence-corrected chi connectivity index (χ3v) is 16.2. The molecular weight excluding hydrogens is 1300 g/mol. The maximum atomic E-state index is 11.4. The number of ether oxygens (including phenoxy) is 5. The lowest BCUT2D eigenvalue weighted by Crippen LogP contribution is -2.10. The summed E-state index contributed by atoms with van der Waals surface area (Å²) in [6, 6.07) is 0. The maximum Gasteiger partial charge on any atom is 0.309 e. The molecule has 0 amide bonds. The molecule has 10 nitrogen and oxygen atoms in total. The van der Waals surface area contributed by atoms with Crippen LogP contribution in [0.3, 0.4) is 0 Å². The summed E-state index contributed by atoms with van der Waals surface area (Å²) in [5.74, 6) is -0.412. The highest BCUT2D eigenvalue weighted by molar-refractivity contribution is 5.71. The lowest BCUT2D eigenvalue weighted by atomic mass is 10.1. The van der Waals surface area contributed by atoms with Crippen molar-refractivity contribution in [3.63, 3.8) is 0 Å². The molecule has 0 rings (SSSR count). The van der Waals surface area contributed by atoms with Gasteiger partial charge in [-0.1, -0.05) is 304 Å². The summed E-state index contributed by atoms with van der Waals surface area (Å²) in [5, 5.41) is 0. The number of hydrogen-bond acceptors (Lipinski definition) is 10. The summed E-state index contributed by atoms with van der Waals surface area (Å²) in [6.07, 6.45) is 101. The molecule has 0 heterocycles. The van der Waals surface area contributed by atoms with E-state index in [1.807, 2.05) is 69.2 Å². The van der Waals surface area contributed by atoms with E-state index in [4.69, 9.17) is 23.7 Å². The van der Waals surface area contributed by atoms with Gasteiger partial charge in [0.1, 0.15) is 0 Å². The Morgan fingerprint density at radius 1 is 0.238 bits per heavy atom. The van der Waals surface area contributed by atoms with Crippen LogP contribution < -0.4 is 0 Å². The molecule has 0 aromatic carbocycles. The van der Waals surface area contributed by atoms with Crippen LogP contribution in [0.5, 0.6) is 0 Å². The summed E-state index contributed by atoms with van der Waals surface area (Å²) in [7, 11) is 0. The summed E-state index contributed by atoms with van der Waals surface area (Å²) in [6.45, 7) is 31.1. The van der Waals surface area contributed by atoms with Gasteiger partial charge < -0.3 is 23.7 Å². The van der Waals surface area contributed by atoms with Crippen molar-refractivity contribution < 1.29 is 47.7 Å². The van der Waals surface area contributed by atoms with Gasteiger partial charge in [-0.15, -0.1) is 6.58 Å². The summed E-state index contributed by atoms with van der Waals surface area (Å²) >= 11 is 0. The van der Waals surface area contributed by atoms with E-state index in [0.29, 0.717) is 32.1 Å². The minimum absolute atomic E-state index is 0.00941. The van der Waals surface area contributed by atoms with E-state index in [0.717, 1.165) is 83.5 Å². The van der Waals surface area contributed by atoms with Crippen molar-refractivity contribution in [2.75, 3.05) is 0 Å². The first-order chi connectivity index (χ1) is 50.8. The van der Waals surface area contributed by atoms with Crippen molar-refractivity contribution in [1.82, 2.24) is 0 Å². The van der Waals surface area contributed by atoms with Crippen LogP contribution in [0.1, 0.15) is 424 Å². The van der Waals surface area contributed by atoms with Crippen LogP contribution in [-0.4, -0.2) is 60.4 Å². The second-order valence-electron chi connectivity index (χ2n) is 29.2. The summed E-state index contributed by atoms with van der Waals surface area (Å²) in [4.78, 5) is 56.0. The Morgan fingerprint density at radius 2 is 0.448 bits per heavy atom. The fourth-order valence-electron chi connectivity index (χ4n) is 10.6. The SMILES string of the molecule is C=CCC(=O)OC(C)C.CC/C=C\C/C=C\C/C=C\CCCCCCCC(=O)OC(C)C.CCCC/C=C/C=C/C=C\CCCCCCCC(=O)OC(C)C.CCCCC/C=C\C/C=C\CCCCCCCC(=O)OC(C)C.CCCCCCCCCCCC/C=C\CCCCCCCC(=O)OC(C)C. The first kappa shape index (κ1) is 108. The molecule has 0 spiro atoms. The van der Waals surface area contributed by atoms with E-state index in [9.17, 15) is 24.0 Å². The van der Waals surface area contributed by atoms with E-state index in [-0.39, 0.29) is 60.4 Å². The lowest BCUT2D eigenvalue weighted by molar-refractivity contribution is -0.148. The predicted octanol–water partition coefficient (Wildman–Crippen LogP) is 29.9. The number of hydrogen-bond donors (Lipinski definition) is 0. The minimum Gasteiger partial charge on any atom is -0.463 e. The number of rotatable bonds is 66. The van der Waals surface area contributed by atoms with Gasteiger partial charge in [0, 0.05) is 25.7 Å². The maximum absolute atomic E-state index is 11.4. The Balaban J connectivity index is -0.000000407. The van der Waals surface area contributed by atoms with Crippen molar-refractivity contribution in [1.29, 1.82) is 0 Å². The van der Waals surface area contributed by atoms with Gasteiger partial charge >= 0.3 is 29.8 Å². The van der Waals surface area contributed by atoms with Gasteiger partial charge in [0.25, 0.3) is 0 Å². The van der Waals surface area contributed by atoms with Gasteiger partial charge in [-0.2, -0.15) is 0 Å². The first-order valence-electron chi connectivity index (χ1n) is 43.3. The third kappa shape index (κ3) is 115. The van der Waals surface area contributed by atoms with Crippen LogP contribution in [0.15, 0.2) is 122 Å². The molecule has 0 fully saturated rings. The summed E-state index contributed by atoms with van der Waals surface area (Å²) in [5.41, 5.74) is 0. The smallest absolute Gasteiger partial charge is 0.309 e. The Labute approximate surface area is 651 Å². The van der Waals surface area contributed by atoms with Gasteiger partial charge in [-0.3, -0.25) is 24.0 Å². The molecule has 0 aliphatic carbocycles. The Morgan fingerprint density at radius 3 is 0.724 bits per heavy atom. The highest BCUT2D eigenvalue weighted by Gasteiger charge is 2.08. The molecule has 0 saturated heterocycles. The molecular formula is C95H170O10. The molecule has 0 aliphatic heterocycles. The number of unbranched alkanes of at least 4 members (excludes halogenated alkanes) is 35. The van der Waals surface area contributed by atoms with Crippen LogP contribution in [0, 0.1) is 0 Å². The van der Waals surface area contributed by atoms with Gasteiger partial charge in [0.15, 0.2) is 0 Å². The fraction of sp³-hybridized carbons (Fsp3) is 0.737. The van der Waals surface area contributed by atoms with Crippen LogP contribution in [-0.2, 0) is 47.7 Å². The molecule has 0 aromatic heterocycles. The van der Waals surface area contributed by atoms with Crippen LogP contribution in [0.4, 0.5) is 0 Å². The second kappa shape index (κ2) is 94.8. The van der Waals surface area contributed by atoms with E-state index in [1.54, 1.807) is 0 Å². The molecule has 0 radical (unpaired) electrons. The van der Waals surface area contributed by atoms with E-state index in [2.05, 4.69) is 144 Å². The zero-order valence-electron chi connectivity index (χ0n) is 71.2. The molecule has 610 valence electrons. The van der Waals surface area contributed by atoms with Gasteiger partial charge in [-0.25, -0.2) is 0 Å². The van der Waals surface area contributed by atoms with Crippen molar-refractivity contribution in [3.05, 3.63) is 122 Å². The van der Waals surface area contributed by atoms with Gasteiger partial charge in [-0.05, 0) is 204 Å². The Hall–Kier alpha value is -5.25. The molecule has 0 aliphatic rings. The van der Waals surface area contributed by atoms with Crippen LogP contribution in [0.2, 0.25) is 0 Å². The van der Waals surface area contributed by atoms with Gasteiger partial charge in [0.05, 0.1) is 36.9 Å². The van der Waals surface area contributed by atoms with Gasteiger partial charge in [0.2, 0.25) is 0 Å². The molecule has 0 bridgehead atoms. The molecule has 0 atom stereocenters. The zero-order chi connectivity index (χ0) is 78.8. The zero-order valence-corrected chi connectivity index (χ0v) is 71.2. The molecule has 0 saturated carbocycles. The average molecular weight is 1470 g/mol. The van der Waals surface area contributed by atoms with Crippen molar-refractivity contribution in [3.8, 4) is 0 Å². The molecule has 105 heavy (non-hydrogen) atoms. The minimum atomic E-state index is -0.208. The van der Waals surface area contributed by atoms with Crippen molar-refractivity contribution in [2.24, 2.45) is 0 Å². The Bertz CT molecular complexity index is 2130. The topological polar surface area (TPSA) is 132 Å². The molecule has 0 aromatic rings. The Kier molecular flexibility index (Phi) is 97.9. The summed E-state index contributed by atoms with van der Waals surface area (Å²) < 4.78 is 25.3. The van der Waals surface area contributed by atoms with E-state index < -0.39 is 0 Å². The average Bonchev–Trinajstić information content (AvgIpc) is 3.75. The number of allylic oxidation sites excluding steroid dienone is 18. The quantitative estimate of drug-likeness (QED) is 0.0191. The largest absolute Gasteiger partial charge is 0.463 e. The predicted molar refractivity (Wildman–Crippen MR) is 457 cm³/mol. The van der Waals surface area contributed by atoms with Crippen LogP contribution >= 0.6 is 0 Å². The van der Waals surface area contributed by atoms with Crippen LogP contribution in [0.25, 0.3) is 0 Å². The van der Waals surface area contributed by atoms with Crippen molar-refractivity contribution in [2.45, 2.75) is 455 Å². The first-order valence-corrected chi connectivity index (χ1v) is 43.3. The number of carbonyl (C=O) groups is 5. The fourth-order valence-corrected chi connectivity index (χ4v) is 10.6. The monoisotopic (exact) mass is 1470 g/mol. The second-order valence-corrected chi connectivity index (χ2v) is 29.2. The number of carbonyl (C=O) groups excluding carboxylic acids is 5. The standard InChI is InChI=1S/C25H48O2.C21H38O2.2C21H36O2.C7H12O2/c1-4-5-6-7-8-9-10-11-12-13-14-15-16-17-18-19-20-21-22-23-25(26)27-24(2)3;3*1-4-5-6-7-8-9-10-11-12-13-14-15-16-17-18-19-21(22)23-20(2)3;1-4-5-7(8)9-6(2)3/h15-16,24H,4-14,17-23H2,1-3H3;8-9,11-12,20H,4-7,10,13-19H2,1-3H3;7-12,20H,4-6,13-19H2,1-3H3;5-6,8-9,11-12,20H,4,7,10,13-19H2,1-3H3;4,6H,1,5H2,2-3H3/b16-15-;9-8-,12-11-;8-7+,10-9+,12-11-;6-5-,9-8-,12-11-;. The third-order valence-electron chi connectivity index (χ3n) is 16.2. The number of esters is 5. The molecule has 10 heteroatoms. The highest BCUT2D eigenvalue weighted by atomic mass is 16.6. The molecule has 0 N–H and O–H groups in total. The normalized spacial score (nSPS) is 11.7.